The molecule has 20 heavy (non-hydrogen) atoms. The molecule has 1 amide bonds. The van der Waals surface area contributed by atoms with Crippen LogP contribution in [-0.2, 0) is 14.8 Å². The molecule has 112 valence electrons. The standard InChI is InChI=1S/C14H22N2O3S/c1-11(2)12-5-7-13(8-6-12)15-14(17)9-10-20(18,19)16(3)4/h5-8,11H,9-10H2,1-4H3,(H,15,17). The van der Waals surface area contributed by atoms with Gasteiger partial charge in [0, 0.05) is 26.2 Å². The summed E-state index contributed by atoms with van der Waals surface area (Å²) in [7, 11) is -0.419. The second-order valence-corrected chi connectivity index (χ2v) is 7.48. The van der Waals surface area contributed by atoms with Crippen LogP contribution in [0.5, 0.6) is 0 Å². The molecule has 0 radical (unpaired) electrons. The van der Waals surface area contributed by atoms with Gasteiger partial charge in [-0.3, -0.25) is 4.79 Å². The van der Waals surface area contributed by atoms with Gasteiger partial charge in [0.25, 0.3) is 0 Å². The molecule has 0 aromatic heterocycles. The first-order valence-electron chi connectivity index (χ1n) is 6.52. The van der Waals surface area contributed by atoms with Gasteiger partial charge in [-0.1, -0.05) is 26.0 Å². The van der Waals surface area contributed by atoms with Crippen molar-refractivity contribution in [2.45, 2.75) is 26.2 Å². The summed E-state index contributed by atoms with van der Waals surface area (Å²) in [5.41, 5.74) is 1.87. The lowest BCUT2D eigenvalue weighted by atomic mass is 10.0. The van der Waals surface area contributed by atoms with Gasteiger partial charge < -0.3 is 5.32 Å². The molecule has 5 nitrogen and oxygen atoms in total. The lowest BCUT2D eigenvalue weighted by Gasteiger charge is -2.11. The Balaban J connectivity index is 2.55. The summed E-state index contributed by atoms with van der Waals surface area (Å²) in [4.78, 5) is 11.7. The van der Waals surface area contributed by atoms with E-state index in [-0.39, 0.29) is 18.1 Å². The van der Waals surface area contributed by atoms with Gasteiger partial charge in [-0.25, -0.2) is 12.7 Å². The van der Waals surface area contributed by atoms with Crippen molar-refractivity contribution in [1.82, 2.24) is 4.31 Å². The number of amides is 1. The topological polar surface area (TPSA) is 66.5 Å². The maximum Gasteiger partial charge on any atom is 0.225 e. The van der Waals surface area contributed by atoms with E-state index in [9.17, 15) is 13.2 Å². The average molecular weight is 298 g/mol. The van der Waals surface area contributed by atoms with Crippen molar-refractivity contribution in [2.24, 2.45) is 0 Å². The Morgan fingerprint density at radius 1 is 1.20 bits per heavy atom. The Bertz CT molecular complexity index is 548. The van der Waals surface area contributed by atoms with Crippen LogP contribution in [0.2, 0.25) is 0 Å². The van der Waals surface area contributed by atoms with Crippen molar-refractivity contribution in [1.29, 1.82) is 0 Å². The molecule has 0 aliphatic rings. The Morgan fingerprint density at radius 2 is 1.75 bits per heavy atom. The van der Waals surface area contributed by atoms with Crippen molar-refractivity contribution in [3.63, 3.8) is 0 Å². The van der Waals surface area contributed by atoms with Gasteiger partial charge in [0.05, 0.1) is 5.75 Å². The number of nitrogens with one attached hydrogen (secondary N) is 1. The molecule has 1 aromatic carbocycles. The number of benzene rings is 1. The fourth-order valence-corrected chi connectivity index (χ4v) is 2.39. The summed E-state index contributed by atoms with van der Waals surface area (Å²) >= 11 is 0. The van der Waals surface area contributed by atoms with E-state index in [2.05, 4.69) is 19.2 Å². The predicted molar refractivity (Wildman–Crippen MR) is 81.3 cm³/mol. The van der Waals surface area contributed by atoms with Crippen LogP contribution in [0.4, 0.5) is 5.69 Å². The van der Waals surface area contributed by atoms with Crippen LogP contribution >= 0.6 is 0 Å². The highest BCUT2D eigenvalue weighted by Gasteiger charge is 2.15. The van der Waals surface area contributed by atoms with Gasteiger partial charge in [0.15, 0.2) is 0 Å². The Kier molecular flexibility index (Phi) is 5.71. The first-order valence-corrected chi connectivity index (χ1v) is 8.13. The van der Waals surface area contributed by atoms with Crippen LogP contribution in [0.3, 0.4) is 0 Å². The van der Waals surface area contributed by atoms with Crippen molar-refractivity contribution in [2.75, 3.05) is 25.2 Å². The first-order chi connectivity index (χ1) is 9.22. The zero-order valence-corrected chi connectivity index (χ0v) is 13.2. The Morgan fingerprint density at radius 3 is 2.20 bits per heavy atom. The molecule has 0 saturated heterocycles. The molecule has 1 rings (SSSR count). The molecule has 0 bridgehead atoms. The van der Waals surface area contributed by atoms with Crippen LogP contribution in [-0.4, -0.2) is 38.5 Å². The SMILES string of the molecule is CC(C)c1ccc(NC(=O)CCS(=O)(=O)N(C)C)cc1. The fourth-order valence-electron chi connectivity index (χ4n) is 1.58. The van der Waals surface area contributed by atoms with Crippen molar-refractivity contribution in [3.8, 4) is 0 Å². The number of hydrogen-bond acceptors (Lipinski definition) is 3. The molecule has 0 unspecified atom stereocenters. The summed E-state index contributed by atoms with van der Waals surface area (Å²) in [5, 5.41) is 2.70. The van der Waals surface area contributed by atoms with Crippen molar-refractivity contribution < 1.29 is 13.2 Å². The van der Waals surface area contributed by atoms with Crippen LogP contribution in [0.1, 0.15) is 31.7 Å². The minimum atomic E-state index is -3.33. The highest BCUT2D eigenvalue weighted by molar-refractivity contribution is 7.89. The number of nitrogens with zero attached hydrogens (tertiary/aromatic N) is 1. The van der Waals surface area contributed by atoms with Gasteiger partial charge in [0.1, 0.15) is 0 Å². The van der Waals surface area contributed by atoms with Gasteiger partial charge >= 0.3 is 0 Å². The highest BCUT2D eigenvalue weighted by Crippen LogP contribution is 2.17. The number of carbonyl (C=O) groups excluding carboxylic acids is 1. The van der Waals surface area contributed by atoms with E-state index in [0.29, 0.717) is 11.6 Å². The largest absolute Gasteiger partial charge is 0.326 e. The third-order valence-electron chi connectivity index (χ3n) is 3.00. The molecule has 6 heteroatoms. The Labute approximate surface area is 121 Å². The van der Waals surface area contributed by atoms with Gasteiger partial charge in [0.2, 0.25) is 15.9 Å². The maximum atomic E-state index is 11.7. The molecule has 0 heterocycles. The van der Waals surface area contributed by atoms with E-state index < -0.39 is 10.0 Å². The van der Waals surface area contributed by atoms with E-state index >= 15 is 0 Å². The van der Waals surface area contributed by atoms with Crippen LogP contribution in [0.15, 0.2) is 24.3 Å². The molecule has 0 atom stereocenters. The molecule has 0 aliphatic carbocycles. The third-order valence-corrected chi connectivity index (χ3v) is 4.84. The average Bonchev–Trinajstić information content (AvgIpc) is 2.37. The summed E-state index contributed by atoms with van der Waals surface area (Å²) in [6.07, 6.45) is -0.0492. The molecule has 1 N–H and O–H groups in total. The first kappa shape index (κ1) is 16.7. The zero-order valence-electron chi connectivity index (χ0n) is 12.4. The quantitative estimate of drug-likeness (QED) is 0.874. The molecule has 0 aliphatic heterocycles. The molecule has 0 fully saturated rings. The summed E-state index contributed by atoms with van der Waals surface area (Å²) < 4.78 is 24.2. The molecular weight excluding hydrogens is 276 g/mol. The summed E-state index contributed by atoms with van der Waals surface area (Å²) in [6, 6.07) is 7.56. The molecule has 1 aromatic rings. The smallest absolute Gasteiger partial charge is 0.225 e. The normalized spacial score (nSPS) is 11.9. The number of anilines is 1. The minimum Gasteiger partial charge on any atom is -0.326 e. The Hall–Kier alpha value is -1.40. The van der Waals surface area contributed by atoms with Crippen LogP contribution < -0.4 is 5.32 Å². The van der Waals surface area contributed by atoms with E-state index in [1.54, 1.807) is 0 Å². The van der Waals surface area contributed by atoms with E-state index in [4.69, 9.17) is 0 Å². The van der Waals surface area contributed by atoms with E-state index in [1.807, 2.05) is 24.3 Å². The zero-order chi connectivity index (χ0) is 15.3. The molecular formula is C14H22N2O3S. The second kappa shape index (κ2) is 6.85. The number of carbonyl (C=O) groups is 1. The van der Waals surface area contributed by atoms with E-state index in [0.717, 1.165) is 4.31 Å². The number of sulfonamides is 1. The number of rotatable bonds is 6. The summed E-state index contributed by atoms with van der Waals surface area (Å²) in [5.74, 6) is -0.0478. The summed E-state index contributed by atoms with van der Waals surface area (Å²) in [6.45, 7) is 4.19. The minimum absolute atomic E-state index is 0.0492. The van der Waals surface area contributed by atoms with Crippen LogP contribution in [0.25, 0.3) is 0 Å². The maximum absolute atomic E-state index is 11.7. The van der Waals surface area contributed by atoms with Crippen LogP contribution in [0, 0.1) is 0 Å². The third kappa shape index (κ3) is 4.94. The highest BCUT2D eigenvalue weighted by atomic mass is 32.2. The van der Waals surface area contributed by atoms with E-state index in [1.165, 1.54) is 19.7 Å². The predicted octanol–water partition coefficient (Wildman–Crippen LogP) is 2.03. The molecule has 0 spiro atoms. The monoisotopic (exact) mass is 298 g/mol. The van der Waals surface area contributed by atoms with Gasteiger partial charge in [-0.05, 0) is 23.6 Å². The van der Waals surface area contributed by atoms with Crippen molar-refractivity contribution >= 4 is 21.6 Å². The molecule has 0 saturated carbocycles. The second-order valence-electron chi connectivity index (χ2n) is 5.17. The van der Waals surface area contributed by atoms with Gasteiger partial charge in [-0.15, -0.1) is 0 Å². The number of hydrogen-bond donors (Lipinski definition) is 1. The van der Waals surface area contributed by atoms with Crippen molar-refractivity contribution in [3.05, 3.63) is 29.8 Å². The lowest BCUT2D eigenvalue weighted by molar-refractivity contribution is -0.115. The van der Waals surface area contributed by atoms with Gasteiger partial charge in [-0.2, -0.15) is 0 Å². The lowest BCUT2D eigenvalue weighted by Crippen LogP contribution is -2.27. The fraction of sp³-hybridized carbons (Fsp3) is 0.500.